The minimum absolute atomic E-state index is 0.772. The van der Waals surface area contributed by atoms with Crippen molar-refractivity contribution >= 4 is 0 Å². The first-order valence-corrected chi connectivity index (χ1v) is 5.15. The van der Waals surface area contributed by atoms with Gasteiger partial charge < -0.3 is 10.2 Å². The number of likely N-dealkylation sites (N-methyl/N-ethyl adjacent to an activating group) is 1. The summed E-state index contributed by atoms with van der Waals surface area (Å²) in [4.78, 5) is 2.49. The molecule has 72 valence electrons. The van der Waals surface area contributed by atoms with Gasteiger partial charge in [0.2, 0.25) is 0 Å². The van der Waals surface area contributed by atoms with Crippen LogP contribution in [0.4, 0.5) is 0 Å². The average Bonchev–Trinajstić information content (AvgIpc) is 2.05. The molecule has 2 heteroatoms. The molecular formula is C10H22N2. The fraction of sp³-hybridized carbons (Fsp3) is 1.00. The molecule has 0 amide bonds. The molecule has 1 fully saturated rings. The summed E-state index contributed by atoms with van der Waals surface area (Å²) in [5, 5.41) is 3.48. The molecule has 0 aliphatic carbocycles. The van der Waals surface area contributed by atoms with Crippen molar-refractivity contribution in [3.63, 3.8) is 0 Å². The van der Waals surface area contributed by atoms with Crippen molar-refractivity contribution in [1.82, 2.24) is 10.2 Å². The van der Waals surface area contributed by atoms with Gasteiger partial charge in [0.1, 0.15) is 0 Å². The van der Waals surface area contributed by atoms with Crippen LogP contribution < -0.4 is 5.32 Å². The summed E-state index contributed by atoms with van der Waals surface area (Å²) in [6.07, 6.45) is 2.63. The van der Waals surface area contributed by atoms with E-state index in [0.29, 0.717) is 0 Å². The highest BCUT2D eigenvalue weighted by molar-refractivity contribution is 4.79. The van der Waals surface area contributed by atoms with Crippen molar-refractivity contribution in [2.75, 3.05) is 26.7 Å². The van der Waals surface area contributed by atoms with Crippen LogP contribution in [0.1, 0.15) is 26.7 Å². The number of rotatable bonds is 3. The van der Waals surface area contributed by atoms with Gasteiger partial charge in [-0.25, -0.2) is 0 Å². The maximum absolute atomic E-state index is 3.48. The lowest BCUT2D eigenvalue weighted by Crippen LogP contribution is -2.47. The highest BCUT2D eigenvalue weighted by Crippen LogP contribution is 2.13. The fourth-order valence-corrected chi connectivity index (χ4v) is 2.00. The van der Waals surface area contributed by atoms with E-state index in [0.717, 1.165) is 12.0 Å². The van der Waals surface area contributed by atoms with E-state index in [1.165, 1.54) is 32.5 Å². The lowest BCUT2D eigenvalue weighted by atomic mass is 9.97. The Hall–Kier alpha value is -0.0800. The Kier molecular flexibility index (Phi) is 4.02. The quantitative estimate of drug-likeness (QED) is 0.687. The van der Waals surface area contributed by atoms with Gasteiger partial charge in [-0.05, 0) is 38.9 Å². The Bertz CT molecular complexity index is 125. The molecule has 0 bridgehead atoms. The topological polar surface area (TPSA) is 15.3 Å². The van der Waals surface area contributed by atoms with Gasteiger partial charge in [0.05, 0.1) is 0 Å². The van der Waals surface area contributed by atoms with Crippen LogP contribution in [0.25, 0.3) is 0 Å². The third-order valence-electron chi connectivity index (χ3n) is 2.75. The minimum atomic E-state index is 0.772. The molecule has 1 aliphatic heterocycles. The molecule has 2 atom stereocenters. The Morgan fingerprint density at radius 3 is 2.75 bits per heavy atom. The molecule has 1 N–H and O–H groups in total. The van der Waals surface area contributed by atoms with Gasteiger partial charge in [-0.1, -0.05) is 13.8 Å². The molecule has 2 unspecified atom stereocenters. The molecule has 0 radical (unpaired) electrons. The predicted molar refractivity (Wildman–Crippen MR) is 53.4 cm³/mol. The molecule has 0 aromatic carbocycles. The van der Waals surface area contributed by atoms with Gasteiger partial charge in [0.25, 0.3) is 0 Å². The third-order valence-corrected chi connectivity index (χ3v) is 2.75. The van der Waals surface area contributed by atoms with E-state index >= 15 is 0 Å². The highest BCUT2D eigenvalue weighted by atomic mass is 15.2. The first kappa shape index (κ1) is 10.0. The second-order valence-electron chi connectivity index (χ2n) is 4.13. The number of piperidine rings is 1. The third kappa shape index (κ3) is 2.76. The average molecular weight is 170 g/mol. The maximum Gasteiger partial charge on any atom is 0.0220 e. The van der Waals surface area contributed by atoms with Crippen molar-refractivity contribution in [1.29, 1.82) is 0 Å². The highest BCUT2D eigenvalue weighted by Gasteiger charge is 2.20. The summed E-state index contributed by atoms with van der Waals surface area (Å²) < 4.78 is 0. The molecule has 2 nitrogen and oxygen atoms in total. The first-order chi connectivity index (χ1) is 5.74. The molecule has 1 aliphatic rings. The van der Waals surface area contributed by atoms with Gasteiger partial charge in [0.15, 0.2) is 0 Å². The number of hydrogen-bond donors (Lipinski definition) is 1. The van der Waals surface area contributed by atoms with Crippen molar-refractivity contribution in [2.45, 2.75) is 32.7 Å². The van der Waals surface area contributed by atoms with Gasteiger partial charge in [-0.3, -0.25) is 0 Å². The van der Waals surface area contributed by atoms with Crippen LogP contribution in [-0.2, 0) is 0 Å². The van der Waals surface area contributed by atoms with E-state index in [2.05, 4.69) is 31.1 Å². The van der Waals surface area contributed by atoms with E-state index in [4.69, 9.17) is 0 Å². The Balaban J connectivity index is 2.29. The largest absolute Gasteiger partial charge is 0.315 e. The molecule has 0 spiro atoms. The Morgan fingerprint density at radius 2 is 2.17 bits per heavy atom. The first-order valence-electron chi connectivity index (χ1n) is 5.15. The summed E-state index contributed by atoms with van der Waals surface area (Å²) in [5.41, 5.74) is 0. The van der Waals surface area contributed by atoms with E-state index in [1.807, 2.05) is 0 Å². The standard InChI is InChI=1S/C10H22N2/c1-4-5-12(3)10-6-9(2)7-11-8-10/h9-11H,4-8H2,1-3H3. The van der Waals surface area contributed by atoms with Crippen molar-refractivity contribution in [2.24, 2.45) is 5.92 Å². The monoisotopic (exact) mass is 170 g/mol. The van der Waals surface area contributed by atoms with Crippen molar-refractivity contribution < 1.29 is 0 Å². The number of nitrogens with one attached hydrogen (secondary N) is 1. The maximum atomic E-state index is 3.48. The van der Waals surface area contributed by atoms with E-state index in [-0.39, 0.29) is 0 Å². The van der Waals surface area contributed by atoms with Crippen molar-refractivity contribution in [3.8, 4) is 0 Å². The summed E-state index contributed by atoms with van der Waals surface area (Å²) in [6, 6.07) is 0.772. The van der Waals surface area contributed by atoms with E-state index < -0.39 is 0 Å². The predicted octanol–water partition coefficient (Wildman–Crippen LogP) is 1.33. The molecule has 1 heterocycles. The zero-order chi connectivity index (χ0) is 8.97. The Labute approximate surface area is 76.3 Å². The second-order valence-corrected chi connectivity index (χ2v) is 4.13. The molecule has 1 saturated heterocycles. The summed E-state index contributed by atoms with van der Waals surface area (Å²) in [7, 11) is 2.24. The minimum Gasteiger partial charge on any atom is -0.315 e. The molecular weight excluding hydrogens is 148 g/mol. The normalized spacial score (nSPS) is 31.0. The summed E-state index contributed by atoms with van der Waals surface area (Å²) in [5.74, 6) is 0.850. The van der Waals surface area contributed by atoms with E-state index in [1.54, 1.807) is 0 Å². The van der Waals surface area contributed by atoms with Crippen LogP contribution in [0.5, 0.6) is 0 Å². The van der Waals surface area contributed by atoms with Gasteiger partial charge >= 0.3 is 0 Å². The van der Waals surface area contributed by atoms with Crippen LogP contribution in [-0.4, -0.2) is 37.6 Å². The van der Waals surface area contributed by atoms with Crippen molar-refractivity contribution in [3.05, 3.63) is 0 Å². The van der Waals surface area contributed by atoms with Gasteiger partial charge in [0, 0.05) is 12.6 Å². The molecule has 0 saturated carbocycles. The molecule has 12 heavy (non-hydrogen) atoms. The summed E-state index contributed by atoms with van der Waals surface area (Å²) >= 11 is 0. The zero-order valence-corrected chi connectivity index (χ0v) is 8.64. The Morgan fingerprint density at radius 1 is 1.42 bits per heavy atom. The fourth-order valence-electron chi connectivity index (χ4n) is 2.00. The number of hydrogen-bond acceptors (Lipinski definition) is 2. The SMILES string of the molecule is CCCN(C)C1CNCC(C)C1. The summed E-state index contributed by atoms with van der Waals surface area (Å²) in [6.45, 7) is 8.20. The molecule has 0 aromatic rings. The lowest BCUT2D eigenvalue weighted by Gasteiger charge is -2.34. The smallest absolute Gasteiger partial charge is 0.0220 e. The van der Waals surface area contributed by atoms with Crippen LogP contribution in [0.15, 0.2) is 0 Å². The van der Waals surface area contributed by atoms with Gasteiger partial charge in [-0.15, -0.1) is 0 Å². The lowest BCUT2D eigenvalue weighted by molar-refractivity contribution is 0.177. The second kappa shape index (κ2) is 4.83. The van der Waals surface area contributed by atoms with Crippen LogP contribution >= 0.6 is 0 Å². The molecule has 0 aromatic heterocycles. The van der Waals surface area contributed by atoms with Crippen LogP contribution in [0, 0.1) is 5.92 Å². The number of nitrogens with zero attached hydrogens (tertiary/aromatic N) is 1. The van der Waals surface area contributed by atoms with Crippen LogP contribution in [0.2, 0.25) is 0 Å². The van der Waals surface area contributed by atoms with Gasteiger partial charge in [-0.2, -0.15) is 0 Å². The zero-order valence-electron chi connectivity index (χ0n) is 8.64. The van der Waals surface area contributed by atoms with E-state index in [9.17, 15) is 0 Å². The molecule has 1 rings (SSSR count). The van der Waals surface area contributed by atoms with Crippen LogP contribution in [0.3, 0.4) is 0 Å².